The maximum atomic E-state index is 11.8. The first-order valence-electron chi connectivity index (χ1n) is 6.71. The highest BCUT2D eigenvalue weighted by molar-refractivity contribution is 5.73. The molecule has 0 saturated carbocycles. The Kier molecular flexibility index (Phi) is 5.53. The molecule has 0 saturated heterocycles. The molecule has 22 heavy (non-hydrogen) atoms. The molecule has 2 aromatic heterocycles. The molecule has 2 N–H and O–H groups in total. The molecule has 0 spiro atoms. The molecule has 0 aliphatic heterocycles. The lowest BCUT2D eigenvalue weighted by molar-refractivity contribution is 0.240. The molecule has 0 aliphatic rings. The Labute approximate surface area is 128 Å². The average Bonchev–Trinajstić information content (AvgIpc) is 2.58. The van der Waals surface area contributed by atoms with Gasteiger partial charge < -0.3 is 20.1 Å². The number of carbonyl (C=O) groups excluding carboxylic acids is 1. The van der Waals surface area contributed by atoms with Crippen LogP contribution in [0.1, 0.15) is 11.1 Å². The number of aromatic nitrogens is 2. The quantitative estimate of drug-likeness (QED) is 0.844. The topological polar surface area (TPSA) is 85.4 Å². The summed E-state index contributed by atoms with van der Waals surface area (Å²) < 4.78 is 10.0. The summed E-state index contributed by atoms with van der Waals surface area (Å²) in [6, 6.07) is 6.92. The zero-order valence-corrected chi connectivity index (χ0v) is 12.5. The van der Waals surface area contributed by atoms with Crippen LogP contribution in [0, 0.1) is 0 Å². The first-order valence-corrected chi connectivity index (χ1v) is 6.71. The minimum atomic E-state index is -0.258. The van der Waals surface area contributed by atoms with E-state index >= 15 is 0 Å². The number of hydrogen-bond donors (Lipinski definition) is 2. The van der Waals surface area contributed by atoms with Crippen molar-refractivity contribution in [1.82, 2.24) is 20.6 Å². The standard InChI is InChI=1S/C15H18N4O3/c1-21-13-4-3-12(9-17-13)10-19-15(20)18-8-11-5-6-16-14(7-11)22-2/h3-7,9H,8,10H2,1-2H3,(H2,18,19,20). The number of nitrogens with zero attached hydrogens (tertiary/aromatic N) is 2. The van der Waals surface area contributed by atoms with E-state index in [2.05, 4.69) is 20.6 Å². The van der Waals surface area contributed by atoms with Crippen molar-refractivity contribution in [2.75, 3.05) is 14.2 Å². The van der Waals surface area contributed by atoms with Gasteiger partial charge in [-0.15, -0.1) is 0 Å². The Morgan fingerprint density at radius 1 is 1.00 bits per heavy atom. The molecule has 0 fully saturated rings. The number of rotatable bonds is 6. The number of methoxy groups -OCH3 is 2. The fourth-order valence-corrected chi connectivity index (χ4v) is 1.74. The maximum absolute atomic E-state index is 11.8. The summed E-state index contributed by atoms with van der Waals surface area (Å²) in [5.74, 6) is 1.06. The average molecular weight is 302 g/mol. The van der Waals surface area contributed by atoms with Crippen molar-refractivity contribution in [3.63, 3.8) is 0 Å². The molecule has 0 radical (unpaired) electrons. The van der Waals surface area contributed by atoms with Crippen molar-refractivity contribution >= 4 is 6.03 Å². The first kappa shape index (κ1) is 15.6. The molecule has 0 atom stereocenters. The number of hydrogen-bond acceptors (Lipinski definition) is 5. The van der Waals surface area contributed by atoms with Crippen molar-refractivity contribution in [1.29, 1.82) is 0 Å². The van der Waals surface area contributed by atoms with E-state index in [1.54, 1.807) is 38.7 Å². The number of pyridine rings is 2. The second-order valence-electron chi connectivity index (χ2n) is 4.45. The van der Waals surface area contributed by atoms with E-state index in [1.165, 1.54) is 0 Å². The minimum absolute atomic E-state index is 0.258. The molecule has 0 bridgehead atoms. The van der Waals surface area contributed by atoms with E-state index in [4.69, 9.17) is 9.47 Å². The Balaban J connectivity index is 1.77. The summed E-state index contributed by atoms with van der Waals surface area (Å²) in [5, 5.41) is 5.52. The lowest BCUT2D eigenvalue weighted by Crippen LogP contribution is -2.34. The van der Waals surface area contributed by atoms with Crippen LogP contribution in [0.4, 0.5) is 4.79 Å². The number of urea groups is 1. The van der Waals surface area contributed by atoms with Crippen LogP contribution in [-0.4, -0.2) is 30.2 Å². The second kappa shape index (κ2) is 7.82. The van der Waals surface area contributed by atoms with E-state index in [9.17, 15) is 4.79 Å². The van der Waals surface area contributed by atoms with Crippen LogP contribution in [0.2, 0.25) is 0 Å². The largest absolute Gasteiger partial charge is 0.481 e. The van der Waals surface area contributed by atoms with E-state index in [-0.39, 0.29) is 6.03 Å². The first-order chi connectivity index (χ1) is 10.7. The smallest absolute Gasteiger partial charge is 0.315 e. The van der Waals surface area contributed by atoms with Crippen LogP contribution in [0.5, 0.6) is 11.8 Å². The van der Waals surface area contributed by atoms with Crippen LogP contribution >= 0.6 is 0 Å². The highest BCUT2D eigenvalue weighted by atomic mass is 16.5. The molecule has 7 heteroatoms. The van der Waals surface area contributed by atoms with Gasteiger partial charge in [0.25, 0.3) is 0 Å². The predicted octanol–water partition coefficient (Wildman–Crippen LogP) is 1.49. The number of carbonyl (C=O) groups is 1. The lowest BCUT2D eigenvalue weighted by atomic mass is 10.2. The van der Waals surface area contributed by atoms with Crippen molar-refractivity contribution in [3.05, 3.63) is 47.8 Å². The zero-order chi connectivity index (χ0) is 15.8. The fourth-order valence-electron chi connectivity index (χ4n) is 1.74. The molecular weight excluding hydrogens is 284 g/mol. The van der Waals surface area contributed by atoms with Crippen molar-refractivity contribution in [3.8, 4) is 11.8 Å². The van der Waals surface area contributed by atoms with Gasteiger partial charge in [0.15, 0.2) is 0 Å². The van der Waals surface area contributed by atoms with Gasteiger partial charge in [-0.2, -0.15) is 0 Å². The van der Waals surface area contributed by atoms with Gasteiger partial charge in [0.1, 0.15) is 0 Å². The summed E-state index contributed by atoms with van der Waals surface area (Å²) in [6.07, 6.45) is 3.30. The van der Waals surface area contributed by atoms with Gasteiger partial charge in [-0.3, -0.25) is 0 Å². The summed E-state index contributed by atoms with van der Waals surface area (Å²) in [6.45, 7) is 0.786. The summed E-state index contributed by atoms with van der Waals surface area (Å²) in [7, 11) is 3.11. The van der Waals surface area contributed by atoms with Crippen molar-refractivity contribution in [2.24, 2.45) is 0 Å². The van der Waals surface area contributed by atoms with Crippen LogP contribution in [0.25, 0.3) is 0 Å². The SMILES string of the molecule is COc1ccc(CNC(=O)NCc2ccnc(OC)c2)cn1. The Hall–Kier alpha value is -2.83. The molecule has 2 heterocycles. The Morgan fingerprint density at radius 2 is 1.73 bits per heavy atom. The molecule has 7 nitrogen and oxygen atoms in total. The third kappa shape index (κ3) is 4.62. The van der Waals surface area contributed by atoms with E-state index in [0.29, 0.717) is 24.8 Å². The van der Waals surface area contributed by atoms with Crippen LogP contribution in [0.3, 0.4) is 0 Å². The second-order valence-corrected chi connectivity index (χ2v) is 4.45. The molecule has 0 aromatic carbocycles. The van der Waals surface area contributed by atoms with Gasteiger partial charge in [-0.05, 0) is 17.2 Å². The summed E-state index contributed by atoms with van der Waals surface area (Å²) in [4.78, 5) is 19.8. The van der Waals surface area contributed by atoms with E-state index < -0.39 is 0 Å². The van der Waals surface area contributed by atoms with Gasteiger partial charge in [-0.25, -0.2) is 14.8 Å². The van der Waals surface area contributed by atoms with Crippen molar-refractivity contribution < 1.29 is 14.3 Å². The summed E-state index contributed by atoms with van der Waals surface area (Å²) in [5.41, 5.74) is 1.80. The van der Waals surface area contributed by atoms with Crippen LogP contribution in [-0.2, 0) is 13.1 Å². The lowest BCUT2D eigenvalue weighted by Gasteiger charge is -2.08. The minimum Gasteiger partial charge on any atom is -0.481 e. The molecule has 0 aliphatic carbocycles. The molecule has 116 valence electrons. The Bertz CT molecular complexity index is 616. The fraction of sp³-hybridized carbons (Fsp3) is 0.267. The predicted molar refractivity (Wildman–Crippen MR) is 80.7 cm³/mol. The summed E-state index contributed by atoms with van der Waals surface area (Å²) >= 11 is 0. The number of amides is 2. The number of ether oxygens (including phenoxy) is 2. The molecule has 2 rings (SSSR count). The molecule has 2 aromatic rings. The van der Waals surface area contributed by atoms with Gasteiger partial charge in [0, 0.05) is 37.6 Å². The third-order valence-corrected chi connectivity index (χ3v) is 2.92. The molecule has 0 unspecified atom stereocenters. The van der Waals surface area contributed by atoms with Crippen molar-refractivity contribution in [2.45, 2.75) is 13.1 Å². The zero-order valence-electron chi connectivity index (χ0n) is 12.5. The maximum Gasteiger partial charge on any atom is 0.315 e. The highest BCUT2D eigenvalue weighted by Gasteiger charge is 2.03. The van der Waals surface area contributed by atoms with Crippen LogP contribution in [0.15, 0.2) is 36.7 Å². The van der Waals surface area contributed by atoms with E-state index in [1.807, 2.05) is 12.1 Å². The normalized spacial score (nSPS) is 9.91. The van der Waals surface area contributed by atoms with Gasteiger partial charge in [0.05, 0.1) is 14.2 Å². The molecule has 2 amide bonds. The van der Waals surface area contributed by atoms with Gasteiger partial charge >= 0.3 is 6.03 Å². The van der Waals surface area contributed by atoms with Gasteiger partial charge in [0.2, 0.25) is 11.8 Å². The van der Waals surface area contributed by atoms with Crippen LogP contribution < -0.4 is 20.1 Å². The third-order valence-electron chi connectivity index (χ3n) is 2.92. The number of nitrogens with one attached hydrogen (secondary N) is 2. The van der Waals surface area contributed by atoms with E-state index in [0.717, 1.165) is 11.1 Å². The molecular formula is C15H18N4O3. The highest BCUT2D eigenvalue weighted by Crippen LogP contribution is 2.08. The Morgan fingerprint density at radius 3 is 2.36 bits per heavy atom. The van der Waals surface area contributed by atoms with Gasteiger partial charge in [-0.1, -0.05) is 6.07 Å². The monoisotopic (exact) mass is 302 g/mol.